The van der Waals surface area contributed by atoms with Crippen LogP contribution in [0.3, 0.4) is 0 Å². The molecule has 1 aromatic rings. The molecule has 5 heteroatoms. The van der Waals surface area contributed by atoms with E-state index in [-0.39, 0.29) is 6.61 Å². The summed E-state index contributed by atoms with van der Waals surface area (Å²) in [7, 11) is 2.19. The Morgan fingerprint density at radius 3 is 2.88 bits per heavy atom. The zero-order valence-corrected chi connectivity index (χ0v) is 11.2. The van der Waals surface area contributed by atoms with Gasteiger partial charge in [0.1, 0.15) is 0 Å². The van der Waals surface area contributed by atoms with Gasteiger partial charge in [-0.25, -0.2) is 0 Å². The fourth-order valence-electron chi connectivity index (χ4n) is 2.59. The molecule has 17 heavy (non-hydrogen) atoms. The summed E-state index contributed by atoms with van der Waals surface area (Å²) in [5.74, 6) is 0. The second-order valence-electron chi connectivity index (χ2n) is 4.81. The second-order valence-corrected chi connectivity index (χ2v) is 5.20. The number of imidazole rings is 1. The molecule has 0 spiro atoms. The molecule has 0 aliphatic heterocycles. The van der Waals surface area contributed by atoms with E-state index < -0.39 is 0 Å². The summed E-state index contributed by atoms with van der Waals surface area (Å²) in [6, 6.07) is 0.737. The van der Waals surface area contributed by atoms with Gasteiger partial charge in [0.25, 0.3) is 0 Å². The van der Waals surface area contributed by atoms with Crippen molar-refractivity contribution in [3.8, 4) is 0 Å². The number of aliphatic hydroxyl groups is 1. The van der Waals surface area contributed by atoms with Gasteiger partial charge in [-0.3, -0.25) is 0 Å². The molecule has 1 heterocycles. The number of hydrogen-bond acceptors (Lipinski definition) is 3. The van der Waals surface area contributed by atoms with Gasteiger partial charge >= 0.3 is 0 Å². The molecule has 1 aliphatic carbocycles. The quantitative estimate of drug-likeness (QED) is 0.790. The first-order valence-corrected chi connectivity index (χ1v) is 6.71. The first-order chi connectivity index (χ1) is 8.22. The van der Waals surface area contributed by atoms with Gasteiger partial charge in [0.2, 0.25) is 0 Å². The molecule has 0 amide bonds. The summed E-state index contributed by atoms with van der Waals surface area (Å²) in [6.45, 7) is 1.88. The van der Waals surface area contributed by atoms with Gasteiger partial charge in [0, 0.05) is 25.3 Å². The van der Waals surface area contributed by atoms with Crippen LogP contribution in [-0.4, -0.2) is 39.2 Å². The smallest absolute Gasteiger partial charge is 0.177 e. The van der Waals surface area contributed by atoms with Crippen LogP contribution in [0, 0.1) is 4.77 Å². The SMILES string of the molecule is CN(CCn1c(CO)c[nH]c1=S)C1CCCC1. The number of likely N-dealkylation sites (N-methyl/N-ethyl adjacent to an activating group) is 1. The molecule has 0 bridgehead atoms. The largest absolute Gasteiger partial charge is 0.390 e. The summed E-state index contributed by atoms with van der Waals surface area (Å²) >= 11 is 5.20. The van der Waals surface area contributed by atoms with Crippen molar-refractivity contribution in [3.63, 3.8) is 0 Å². The summed E-state index contributed by atoms with van der Waals surface area (Å²) in [5.41, 5.74) is 0.870. The van der Waals surface area contributed by atoms with Crippen LogP contribution in [0.2, 0.25) is 0 Å². The second kappa shape index (κ2) is 5.80. The van der Waals surface area contributed by atoms with Crippen molar-refractivity contribution in [2.75, 3.05) is 13.6 Å². The third kappa shape index (κ3) is 2.97. The van der Waals surface area contributed by atoms with Gasteiger partial charge in [0.05, 0.1) is 12.3 Å². The molecule has 0 atom stereocenters. The van der Waals surface area contributed by atoms with Crippen molar-refractivity contribution in [2.45, 2.75) is 44.9 Å². The lowest BCUT2D eigenvalue weighted by molar-refractivity contribution is 0.229. The topological polar surface area (TPSA) is 44.2 Å². The van der Waals surface area contributed by atoms with E-state index in [4.69, 9.17) is 12.2 Å². The minimum absolute atomic E-state index is 0.0419. The summed E-state index contributed by atoms with van der Waals surface area (Å²) in [5, 5.41) is 9.21. The van der Waals surface area contributed by atoms with Crippen molar-refractivity contribution in [3.05, 3.63) is 16.7 Å². The third-order valence-corrected chi connectivity index (χ3v) is 4.08. The summed E-state index contributed by atoms with van der Waals surface area (Å²) in [4.78, 5) is 5.40. The molecule has 1 aliphatic rings. The van der Waals surface area contributed by atoms with Crippen LogP contribution in [0.25, 0.3) is 0 Å². The van der Waals surface area contributed by atoms with Crippen LogP contribution in [0.1, 0.15) is 31.4 Å². The number of aliphatic hydroxyl groups excluding tert-OH is 1. The Hall–Kier alpha value is -0.650. The zero-order chi connectivity index (χ0) is 12.3. The zero-order valence-electron chi connectivity index (χ0n) is 10.4. The van der Waals surface area contributed by atoms with Crippen LogP contribution >= 0.6 is 12.2 Å². The van der Waals surface area contributed by atoms with Gasteiger partial charge in [-0.2, -0.15) is 0 Å². The van der Waals surface area contributed by atoms with Gasteiger partial charge in [-0.1, -0.05) is 12.8 Å². The van der Waals surface area contributed by atoms with E-state index in [1.807, 2.05) is 4.57 Å². The highest BCUT2D eigenvalue weighted by Crippen LogP contribution is 2.22. The molecule has 0 saturated heterocycles. The molecule has 2 N–H and O–H groups in total. The van der Waals surface area contributed by atoms with Gasteiger partial charge in [-0.15, -0.1) is 0 Å². The molecule has 0 radical (unpaired) electrons. The molecule has 1 aromatic heterocycles. The Kier molecular flexibility index (Phi) is 4.36. The Balaban J connectivity index is 1.92. The van der Waals surface area contributed by atoms with E-state index in [1.54, 1.807) is 6.20 Å². The highest BCUT2D eigenvalue weighted by Gasteiger charge is 2.19. The first kappa shape index (κ1) is 12.8. The molecule has 4 nitrogen and oxygen atoms in total. The maximum Gasteiger partial charge on any atom is 0.177 e. The minimum Gasteiger partial charge on any atom is -0.390 e. The molecular weight excluding hydrogens is 234 g/mol. The number of aromatic nitrogens is 2. The van der Waals surface area contributed by atoms with Crippen molar-refractivity contribution >= 4 is 12.2 Å². The van der Waals surface area contributed by atoms with E-state index in [0.717, 1.165) is 24.8 Å². The van der Waals surface area contributed by atoms with E-state index in [1.165, 1.54) is 25.7 Å². The lowest BCUT2D eigenvalue weighted by Gasteiger charge is -2.24. The molecular formula is C12H21N3OS. The van der Waals surface area contributed by atoms with Gasteiger partial charge in [-0.05, 0) is 32.1 Å². The van der Waals surface area contributed by atoms with Crippen molar-refractivity contribution in [1.29, 1.82) is 0 Å². The Bertz CT molecular complexity index is 406. The van der Waals surface area contributed by atoms with Crippen molar-refractivity contribution < 1.29 is 5.11 Å². The fourth-order valence-corrected chi connectivity index (χ4v) is 2.86. The first-order valence-electron chi connectivity index (χ1n) is 6.30. The van der Waals surface area contributed by atoms with Crippen LogP contribution in [-0.2, 0) is 13.2 Å². The highest BCUT2D eigenvalue weighted by atomic mass is 32.1. The van der Waals surface area contributed by atoms with Gasteiger partial charge in [0.15, 0.2) is 4.77 Å². The molecule has 1 fully saturated rings. The number of nitrogens with one attached hydrogen (secondary N) is 1. The summed E-state index contributed by atoms with van der Waals surface area (Å²) in [6.07, 6.45) is 7.16. The van der Waals surface area contributed by atoms with E-state index in [9.17, 15) is 5.11 Å². The van der Waals surface area contributed by atoms with Crippen LogP contribution in [0.4, 0.5) is 0 Å². The van der Waals surface area contributed by atoms with E-state index in [2.05, 4.69) is 16.9 Å². The average Bonchev–Trinajstić information content (AvgIpc) is 2.95. The molecule has 0 unspecified atom stereocenters. The number of hydrogen-bond donors (Lipinski definition) is 2. The van der Waals surface area contributed by atoms with E-state index >= 15 is 0 Å². The standard InChI is InChI=1S/C12H21N3OS/c1-14(10-4-2-3-5-10)6-7-15-11(9-16)8-13-12(15)17/h8,10,16H,2-7,9H2,1H3,(H,13,17). The number of H-pyrrole nitrogens is 1. The fraction of sp³-hybridized carbons (Fsp3) is 0.750. The maximum atomic E-state index is 9.21. The average molecular weight is 255 g/mol. The Labute approximate surface area is 107 Å². The van der Waals surface area contributed by atoms with Crippen molar-refractivity contribution in [2.24, 2.45) is 0 Å². The Morgan fingerprint density at radius 2 is 2.24 bits per heavy atom. The highest BCUT2D eigenvalue weighted by molar-refractivity contribution is 7.71. The van der Waals surface area contributed by atoms with Crippen molar-refractivity contribution in [1.82, 2.24) is 14.5 Å². The number of aromatic amines is 1. The van der Waals surface area contributed by atoms with Gasteiger partial charge < -0.3 is 19.6 Å². The maximum absolute atomic E-state index is 9.21. The van der Waals surface area contributed by atoms with Crippen LogP contribution in [0.15, 0.2) is 6.20 Å². The number of rotatable bonds is 5. The molecule has 1 saturated carbocycles. The predicted molar refractivity (Wildman–Crippen MR) is 70.4 cm³/mol. The monoisotopic (exact) mass is 255 g/mol. The van der Waals surface area contributed by atoms with Crippen LogP contribution in [0.5, 0.6) is 0 Å². The molecule has 0 aromatic carbocycles. The minimum atomic E-state index is 0.0419. The summed E-state index contributed by atoms with van der Waals surface area (Å²) < 4.78 is 2.69. The molecule has 96 valence electrons. The van der Waals surface area contributed by atoms with Crippen LogP contribution < -0.4 is 0 Å². The third-order valence-electron chi connectivity index (χ3n) is 3.74. The lowest BCUT2D eigenvalue weighted by atomic mass is 10.2. The Morgan fingerprint density at radius 1 is 1.53 bits per heavy atom. The molecule has 2 rings (SSSR count). The lowest BCUT2D eigenvalue weighted by Crippen LogP contribution is -2.32. The van der Waals surface area contributed by atoms with E-state index in [0.29, 0.717) is 4.77 Å². The predicted octanol–water partition coefficient (Wildman–Crippen LogP) is 1.91. The normalized spacial score (nSPS) is 17.1. The number of nitrogens with zero attached hydrogens (tertiary/aromatic N) is 2.